The molecule has 0 fully saturated rings. The zero-order chi connectivity index (χ0) is 48.5. The van der Waals surface area contributed by atoms with Crippen LogP contribution in [0.3, 0.4) is 0 Å². The molecule has 15 heteroatoms. The third kappa shape index (κ3) is 10.0. The van der Waals surface area contributed by atoms with Crippen LogP contribution in [0, 0.1) is 0 Å². The molecule has 2 aliphatic rings. The molecule has 0 unspecified atom stereocenters. The fourth-order valence-electron chi connectivity index (χ4n) is 9.06. The molecular weight excluding hydrogens is 964 g/mol. The molecule has 0 aliphatic carbocycles. The number of benzene rings is 6. The molecule has 0 saturated carbocycles. The van der Waals surface area contributed by atoms with Gasteiger partial charge in [-0.15, -0.1) is 4.57 Å². The van der Waals surface area contributed by atoms with E-state index in [1.807, 2.05) is 78.9 Å². The minimum atomic E-state index is -4.33. The third-order valence-corrected chi connectivity index (χ3v) is 15.0. The van der Waals surface area contributed by atoms with Crippen LogP contribution in [0.5, 0.6) is 11.5 Å². The molecule has 0 N–H and O–H groups in total. The fraction of sp³-hybridized carbons (Fsp3) is 0.236. The van der Waals surface area contributed by atoms with Gasteiger partial charge in [0.05, 0.1) is 27.6 Å². The highest BCUT2D eigenvalue weighted by Gasteiger charge is 2.30. The summed E-state index contributed by atoms with van der Waals surface area (Å²) in [6.07, 6.45) is 10.5. The standard InChI is InChI=1S/C55H51Cl2N4O7S2/c1-4-36(25-53-59(21-11-12-24-70(62,63)64)44-29-38-13-7-9-15-40(38)31-49(44)67-53)26-54-61(45-30-39-14-8-10-16-41(39)32-50(45)68-54)35-65-23-22-60-47-34-43(57)18-20-51(47)69-55(60)28-37(5-2)27-52-58(6-3)46-33-42(56)17-19-48(46)66-52/h7-10,13-20,25-34H,4-6,11-12,21-24,35H2,1-3H3/q+1. The Morgan fingerprint density at radius 2 is 1.36 bits per heavy atom. The molecular formula is C55H51Cl2N4O7S2+. The van der Waals surface area contributed by atoms with Crippen molar-refractivity contribution in [2.24, 2.45) is 0 Å². The van der Waals surface area contributed by atoms with Crippen LogP contribution < -0.4 is 28.4 Å². The Kier molecular flexibility index (Phi) is 13.7. The topological polar surface area (TPSA) is 112 Å². The number of rotatable bonds is 17. The SMILES string of the molecule is CCC(=Cc1oc2cc3ccccc3cc2[n+]1COCC[n+]1c(C=C(C=C2Oc3ccc(Cl)cc3N2CC)CC)sc2ccc(Cl)cc21)C=C1Oc2cc3ccccc3cc2N1CCCCS(=O)(=O)[O-]. The van der Waals surface area contributed by atoms with Crippen LogP contribution in [0.4, 0.5) is 11.4 Å². The van der Waals surface area contributed by atoms with E-state index in [0.29, 0.717) is 60.1 Å². The molecule has 10 rings (SSSR count). The molecule has 8 aromatic rings. The Morgan fingerprint density at radius 1 is 0.714 bits per heavy atom. The van der Waals surface area contributed by atoms with Gasteiger partial charge < -0.3 is 33.0 Å². The Morgan fingerprint density at radius 3 is 2.09 bits per heavy atom. The first-order valence-corrected chi connectivity index (χ1v) is 26.7. The number of anilines is 2. The normalized spacial score (nSPS) is 15.3. The van der Waals surface area contributed by atoms with Gasteiger partial charge in [0.15, 0.2) is 18.0 Å². The predicted molar refractivity (Wildman–Crippen MR) is 280 cm³/mol. The molecule has 0 bridgehead atoms. The van der Waals surface area contributed by atoms with E-state index < -0.39 is 15.9 Å². The molecule has 0 saturated heterocycles. The van der Waals surface area contributed by atoms with E-state index in [9.17, 15) is 13.0 Å². The molecule has 0 amide bonds. The van der Waals surface area contributed by atoms with Gasteiger partial charge in [-0.3, -0.25) is 0 Å². The number of halogens is 2. The summed E-state index contributed by atoms with van der Waals surface area (Å²) < 4.78 is 66.0. The number of unbranched alkanes of at least 4 members (excludes halogenated alkanes) is 1. The van der Waals surface area contributed by atoms with Crippen LogP contribution in [-0.4, -0.2) is 38.4 Å². The second kappa shape index (κ2) is 20.3. The third-order valence-electron chi connectivity index (χ3n) is 12.7. The van der Waals surface area contributed by atoms with Crippen molar-refractivity contribution in [3.05, 3.63) is 165 Å². The van der Waals surface area contributed by atoms with E-state index in [1.165, 1.54) is 0 Å². The van der Waals surface area contributed by atoms with Crippen LogP contribution in [-0.2, 0) is 28.1 Å². The van der Waals surface area contributed by atoms with E-state index in [1.54, 1.807) is 11.3 Å². The van der Waals surface area contributed by atoms with Gasteiger partial charge in [-0.05, 0) is 114 Å². The average molecular weight is 1020 g/mol. The molecule has 2 aromatic heterocycles. The number of fused-ring (bicyclic) bond motifs is 6. The maximum absolute atomic E-state index is 11.5. The largest absolute Gasteiger partial charge is 0.748 e. The van der Waals surface area contributed by atoms with Crippen molar-refractivity contribution in [3.63, 3.8) is 0 Å². The number of hydrogen-bond acceptors (Lipinski definition) is 10. The highest BCUT2D eigenvalue weighted by atomic mass is 35.5. The monoisotopic (exact) mass is 1010 g/mol. The second-order valence-corrected chi connectivity index (χ2v) is 20.7. The van der Waals surface area contributed by atoms with E-state index in [-0.39, 0.29) is 13.2 Å². The Balaban J connectivity index is 0.952. The lowest BCUT2D eigenvalue weighted by atomic mass is 10.1. The van der Waals surface area contributed by atoms with Crippen LogP contribution >= 0.6 is 34.5 Å². The second-order valence-electron chi connectivity index (χ2n) is 17.2. The number of hydrogen-bond donors (Lipinski definition) is 0. The van der Waals surface area contributed by atoms with Crippen molar-refractivity contribution in [2.75, 3.05) is 35.2 Å². The van der Waals surface area contributed by atoms with E-state index >= 15 is 0 Å². The highest BCUT2D eigenvalue weighted by Crippen LogP contribution is 2.43. The summed E-state index contributed by atoms with van der Waals surface area (Å²) in [5.41, 5.74) is 6.51. The van der Waals surface area contributed by atoms with Crippen LogP contribution in [0.2, 0.25) is 10.0 Å². The number of aromatic nitrogens is 2. The van der Waals surface area contributed by atoms with Gasteiger partial charge in [0.25, 0.3) is 17.3 Å². The first kappa shape index (κ1) is 47.5. The van der Waals surface area contributed by atoms with Crippen molar-refractivity contribution in [1.29, 1.82) is 0 Å². The summed E-state index contributed by atoms with van der Waals surface area (Å²) in [5, 5.41) is 6.62. The lowest BCUT2D eigenvalue weighted by molar-refractivity contribution is -0.722. The Hall–Kier alpha value is -6.19. The smallest absolute Gasteiger partial charge is 0.376 e. The van der Waals surface area contributed by atoms with Crippen molar-refractivity contribution in [3.8, 4) is 11.5 Å². The summed E-state index contributed by atoms with van der Waals surface area (Å²) in [7, 11) is -4.33. The summed E-state index contributed by atoms with van der Waals surface area (Å²) in [6.45, 7) is 8.67. The summed E-state index contributed by atoms with van der Waals surface area (Å²) in [6, 6.07) is 36.3. The summed E-state index contributed by atoms with van der Waals surface area (Å²) in [4.78, 5) is 4.20. The first-order chi connectivity index (χ1) is 33.9. The molecule has 11 nitrogen and oxygen atoms in total. The molecule has 70 heavy (non-hydrogen) atoms. The van der Waals surface area contributed by atoms with E-state index in [4.69, 9.17) is 41.8 Å². The zero-order valence-corrected chi connectivity index (χ0v) is 42.1. The Labute approximate surface area is 421 Å². The molecule has 0 radical (unpaired) electrons. The molecule has 358 valence electrons. The van der Waals surface area contributed by atoms with Gasteiger partial charge in [0.1, 0.15) is 11.3 Å². The Bertz CT molecular complexity index is 3560. The quantitative estimate of drug-likeness (QED) is 0.0500. The van der Waals surface area contributed by atoms with Gasteiger partial charge in [-0.25, -0.2) is 8.42 Å². The van der Waals surface area contributed by atoms with Crippen LogP contribution in [0.25, 0.3) is 55.0 Å². The fourth-order valence-corrected chi connectivity index (χ4v) is 11.1. The highest BCUT2D eigenvalue weighted by molar-refractivity contribution is 7.85. The van der Waals surface area contributed by atoms with E-state index in [0.717, 1.165) is 95.0 Å². The zero-order valence-electron chi connectivity index (χ0n) is 39.0. The average Bonchev–Trinajstić information content (AvgIpc) is 4.07. The number of oxazole rings is 1. The summed E-state index contributed by atoms with van der Waals surface area (Å²) in [5.74, 6) is 3.05. The molecule has 0 spiro atoms. The maximum atomic E-state index is 11.5. The summed E-state index contributed by atoms with van der Waals surface area (Å²) >= 11 is 14.7. The van der Waals surface area contributed by atoms with Crippen molar-refractivity contribution >= 4 is 111 Å². The van der Waals surface area contributed by atoms with Gasteiger partial charge in [-0.1, -0.05) is 96.9 Å². The number of thiazole rings is 1. The van der Waals surface area contributed by atoms with E-state index in [2.05, 4.69) is 94.3 Å². The number of allylic oxidation sites excluding steroid dienone is 4. The first-order valence-electron chi connectivity index (χ1n) is 23.5. The maximum Gasteiger partial charge on any atom is 0.376 e. The molecule has 2 aliphatic heterocycles. The molecule has 0 atom stereocenters. The number of ether oxygens (including phenoxy) is 3. The van der Waals surface area contributed by atoms with Gasteiger partial charge in [0.2, 0.25) is 22.9 Å². The van der Waals surface area contributed by atoms with Gasteiger partial charge in [-0.2, -0.15) is 4.57 Å². The molecule has 6 aromatic carbocycles. The predicted octanol–water partition coefficient (Wildman–Crippen LogP) is 12.9. The van der Waals surface area contributed by atoms with Gasteiger partial charge in [0, 0.05) is 59.2 Å². The van der Waals surface area contributed by atoms with Crippen molar-refractivity contribution in [2.45, 2.75) is 59.7 Å². The minimum Gasteiger partial charge on any atom is -0.748 e. The van der Waals surface area contributed by atoms with Crippen molar-refractivity contribution in [1.82, 2.24) is 0 Å². The van der Waals surface area contributed by atoms with Crippen LogP contribution in [0.15, 0.2) is 149 Å². The number of nitrogens with zero attached hydrogens (tertiary/aromatic N) is 4. The van der Waals surface area contributed by atoms with Crippen LogP contribution in [0.1, 0.15) is 57.4 Å². The molecule has 4 heterocycles. The van der Waals surface area contributed by atoms with Gasteiger partial charge >= 0.3 is 5.89 Å². The van der Waals surface area contributed by atoms with Crippen molar-refractivity contribution < 1.29 is 40.7 Å². The lowest BCUT2D eigenvalue weighted by Crippen LogP contribution is -2.41. The minimum absolute atomic E-state index is 0.212. The lowest BCUT2D eigenvalue weighted by Gasteiger charge is -2.19.